The summed E-state index contributed by atoms with van der Waals surface area (Å²) < 4.78 is 0. The number of nitrogens with one attached hydrogen (secondary N) is 2. The molecule has 0 aliphatic heterocycles. The topological polar surface area (TPSA) is 78.4 Å². The Morgan fingerprint density at radius 1 is 1.32 bits per heavy atom. The Labute approximate surface area is 114 Å². The molecule has 0 aromatic carbocycles. The molecule has 2 saturated carbocycles. The summed E-state index contributed by atoms with van der Waals surface area (Å²) in [4.78, 5) is 22.9. The van der Waals surface area contributed by atoms with E-state index in [9.17, 15) is 9.59 Å². The van der Waals surface area contributed by atoms with Crippen molar-refractivity contribution < 1.29 is 14.7 Å². The Bertz CT molecular complexity index is 351. The van der Waals surface area contributed by atoms with Crippen LogP contribution in [0.3, 0.4) is 0 Å². The van der Waals surface area contributed by atoms with E-state index in [2.05, 4.69) is 17.6 Å². The molecule has 5 heteroatoms. The second-order valence-electron chi connectivity index (χ2n) is 6.05. The predicted octanol–water partition coefficient (Wildman–Crippen LogP) is 2.26. The minimum absolute atomic E-state index is 0.0312. The maximum Gasteiger partial charge on any atom is 0.315 e. The number of amides is 2. The van der Waals surface area contributed by atoms with Gasteiger partial charge in [0.05, 0.1) is 12.0 Å². The monoisotopic (exact) mass is 268 g/mol. The van der Waals surface area contributed by atoms with Gasteiger partial charge >= 0.3 is 12.0 Å². The van der Waals surface area contributed by atoms with Crippen LogP contribution in [0.4, 0.5) is 4.79 Å². The summed E-state index contributed by atoms with van der Waals surface area (Å²) in [6, 6.07) is 0.106. The fourth-order valence-corrected chi connectivity index (χ4v) is 3.25. The van der Waals surface area contributed by atoms with E-state index in [0.29, 0.717) is 12.0 Å². The fraction of sp³-hybridized carbons (Fsp3) is 0.857. The molecule has 5 nitrogen and oxygen atoms in total. The van der Waals surface area contributed by atoms with Crippen LogP contribution in [-0.2, 0) is 4.79 Å². The second kappa shape index (κ2) is 5.80. The van der Waals surface area contributed by atoms with Crippen LogP contribution in [-0.4, -0.2) is 28.7 Å². The van der Waals surface area contributed by atoms with Crippen LogP contribution in [0.2, 0.25) is 0 Å². The Kier molecular flexibility index (Phi) is 4.32. The summed E-state index contributed by atoms with van der Waals surface area (Å²) in [6.07, 6.45) is 6.94. The molecule has 2 unspecified atom stereocenters. The molecule has 2 aliphatic rings. The predicted molar refractivity (Wildman–Crippen MR) is 71.9 cm³/mol. The minimum Gasteiger partial charge on any atom is -0.481 e. The highest BCUT2D eigenvalue weighted by Crippen LogP contribution is 2.35. The van der Waals surface area contributed by atoms with Crippen LogP contribution in [0.15, 0.2) is 0 Å². The van der Waals surface area contributed by atoms with E-state index < -0.39 is 11.5 Å². The molecular formula is C14H24N2O3. The molecule has 2 amide bonds. The van der Waals surface area contributed by atoms with Crippen LogP contribution in [0, 0.1) is 5.92 Å². The minimum atomic E-state index is -0.836. The van der Waals surface area contributed by atoms with Gasteiger partial charge in [0.2, 0.25) is 0 Å². The normalized spacial score (nSPS) is 27.8. The summed E-state index contributed by atoms with van der Waals surface area (Å²) in [6.45, 7) is 2.15. The zero-order chi connectivity index (χ0) is 13.9. The largest absolute Gasteiger partial charge is 0.481 e. The van der Waals surface area contributed by atoms with Crippen molar-refractivity contribution in [3.63, 3.8) is 0 Å². The van der Waals surface area contributed by atoms with Crippen LogP contribution >= 0.6 is 0 Å². The highest BCUT2D eigenvalue weighted by Gasteiger charge is 2.41. The van der Waals surface area contributed by atoms with Crippen molar-refractivity contribution in [3.8, 4) is 0 Å². The molecule has 2 atom stereocenters. The van der Waals surface area contributed by atoms with Crippen LogP contribution in [0.1, 0.15) is 58.3 Å². The molecule has 19 heavy (non-hydrogen) atoms. The number of hydrogen-bond donors (Lipinski definition) is 3. The van der Waals surface area contributed by atoms with Gasteiger partial charge < -0.3 is 15.7 Å². The highest BCUT2D eigenvalue weighted by molar-refractivity contribution is 5.77. The molecule has 0 heterocycles. The molecule has 0 aromatic heterocycles. The van der Waals surface area contributed by atoms with Gasteiger partial charge in [-0.15, -0.1) is 0 Å². The van der Waals surface area contributed by atoms with Gasteiger partial charge in [0.15, 0.2) is 0 Å². The van der Waals surface area contributed by atoms with E-state index in [0.717, 1.165) is 44.9 Å². The lowest BCUT2D eigenvalue weighted by Crippen LogP contribution is -2.52. The van der Waals surface area contributed by atoms with E-state index in [-0.39, 0.29) is 12.5 Å². The maximum atomic E-state index is 12.0. The SMILES string of the molecule is CCCC1CC1NC(=O)NC1(CC(=O)O)CCCC1. The molecular weight excluding hydrogens is 244 g/mol. The average molecular weight is 268 g/mol. The number of hydrogen-bond acceptors (Lipinski definition) is 2. The van der Waals surface area contributed by atoms with Crippen LogP contribution in [0.25, 0.3) is 0 Å². The zero-order valence-electron chi connectivity index (χ0n) is 11.6. The molecule has 0 radical (unpaired) electrons. The second-order valence-corrected chi connectivity index (χ2v) is 6.05. The van der Waals surface area contributed by atoms with Gasteiger partial charge in [-0.3, -0.25) is 4.79 Å². The Balaban J connectivity index is 1.81. The molecule has 108 valence electrons. The van der Waals surface area contributed by atoms with Gasteiger partial charge in [-0.05, 0) is 31.6 Å². The van der Waals surface area contributed by atoms with E-state index >= 15 is 0 Å². The number of carboxylic acid groups (broad SMARTS) is 1. The van der Waals surface area contributed by atoms with Gasteiger partial charge in [-0.1, -0.05) is 26.2 Å². The van der Waals surface area contributed by atoms with Crippen molar-refractivity contribution in [2.45, 2.75) is 69.9 Å². The zero-order valence-corrected chi connectivity index (χ0v) is 11.6. The first kappa shape index (κ1) is 14.2. The molecule has 0 aromatic rings. The molecule has 2 aliphatic carbocycles. The van der Waals surface area contributed by atoms with Gasteiger partial charge in [-0.2, -0.15) is 0 Å². The molecule has 2 fully saturated rings. The third-order valence-electron chi connectivity index (χ3n) is 4.33. The lowest BCUT2D eigenvalue weighted by molar-refractivity contribution is -0.138. The Hall–Kier alpha value is -1.26. The first-order chi connectivity index (χ1) is 9.04. The third kappa shape index (κ3) is 3.85. The third-order valence-corrected chi connectivity index (χ3v) is 4.33. The number of urea groups is 1. The van der Waals surface area contributed by atoms with Crippen LogP contribution in [0.5, 0.6) is 0 Å². The van der Waals surface area contributed by atoms with Crippen LogP contribution < -0.4 is 10.6 Å². The summed E-state index contributed by atoms with van der Waals surface area (Å²) in [5, 5.41) is 14.9. The standard InChI is InChI=1S/C14H24N2O3/c1-2-5-10-8-11(10)15-13(19)16-14(9-12(17)18)6-3-4-7-14/h10-11H,2-9H2,1H3,(H,17,18)(H2,15,16,19). The molecule has 0 bridgehead atoms. The molecule has 2 rings (SSSR count). The Morgan fingerprint density at radius 3 is 2.58 bits per heavy atom. The smallest absolute Gasteiger partial charge is 0.315 e. The first-order valence-corrected chi connectivity index (χ1v) is 7.35. The lowest BCUT2D eigenvalue weighted by atomic mass is 9.93. The van der Waals surface area contributed by atoms with Gasteiger partial charge in [0.25, 0.3) is 0 Å². The van der Waals surface area contributed by atoms with Gasteiger partial charge in [0, 0.05) is 6.04 Å². The van der Waals surface area contributed by atoms with E-state index in [1.165, 1.54) is 0 Å². The van der Waals surface area contributed by atoms with Crippen molar-refractivity contribution in [2.75, 3.05) is 0 Å². The van der Waals surface area contributed by atoms with E-state index in [4.69, 9.17) is 5.11 Å². The summed E-state index contributed by atoms with van der Waals surface area (Å²) >= 11 is 0. The van der Waals surface area contributed by atoms with E-state index in [1.54, 1.807) is 0 Å². The maximum absolute atomic E-state index is 12.0. The van der Waals surface area contributed by atoms with Crippen molar-refractivity contribution in [3.05, 3.63) is 0 Å². The summed E-state index contributed by atoms with van der Waals surface area (Å²) in [5.41, 5.74) is -0.523. The van der Waals surface area contributed by atoms with Crippen molar-refractivity contribution in [2.24, 2.45) is 5.92 Å². The van der Waals surface area contributed by atoms with Gasteiger partial charge in [-0.25, -0.2) is 4.79 Å². The number of aliphatic carboxylic acids is 1. The highest BCUT2D eigenvalue weighted by atomic mass is 16.4. The Morgan fingerprint density at radius 2 is 2.00 bits per heavy atom. The number of carbonyl (C=O) groups excluding carboxylic acids is 1. The van der Waals surface area contributed by atoms with Crippen molar-refractivity contribution in [1.82, 2.24) is 10.6 Å². The average Bonchev–Trinajstić information content (AvgIpc) is 2.86. The molecule has 0 saturated heterocycles. The van der Waals surface area contributed by atoms with Crippen molar-refractivity contribution in [1.29, 1.82) is 0 Å². The quantitative estimate of drug-likeness (QED) is 0.691. The van der Waals surface area contributed by atoms with Gasteiger partial charge in [0.1, 0.15) is 0 Å². The number of carbonyl (C=O) groups is 2. The van der Waals surface area contributed by atoms with E-state index in [1.807, 2.05) is 0 Å². The lowest BCUT2D eigenvalue weighted by Gasteiger charge is -2.28. The van der Waals surface area contributed by atoms with Crippen molar-refractivity contribution >= 4 is 12.0 Å². The number of rotatable bonds is 6. The number of carboxylic acids is 1. The first-order valence-electron chi connectivity index (χ1n) is 7.35. The molecule has 3 N–H and O–H groups in total. The fourth-order valence-electron chi connectivity index (χ4n) is 3.25. The summed E-state index contributed by atoms with van der Waals surface area (Å²) in [7, 11) is 0. The summed E-state index contributed by atoms with van der Waals surface area (Å²) in [5.74, 6) is -0.216. The molecule has 0 spiro atoms.